The van der Waals surface area contributed by atoms with Crippen molar-refractivity contribution in [2.45, 2.75) is 84.5 Å². The lowest BCUT2D eigenvalue weighted by molar-refractivity contribution is 0.0968. The first-order chi connectivity index (χ1) is 8.58. The largest absolute Gasteiger partial charge is 0.414 e. The van der Waals surface area contributed by atoms with Crippen molar-refractivity contribution < 1.29 is 4.43 Å². The molecule has 0 N–H and O–H groups in total. The average Bonchev–Trinajstić information content (AvgIpc) is 2.57. The zero-order valence-electron chi connectivity index (χ0n) is 14.0. The van der Waals surface area contributed by atoms with Gasteiger partial charge < -0.3 is 4.43 Å². The van der Waals surface area contributed by atoms with Crippen LogP contribution in [-0.4, -0.2) is 14.4 Å². The number of hydrogen-bond donors (Lipinski definition) is 0. The molecule has 0 amide bonds. The highest BCUT2D eigenvalue weighted by Gasteiger charge is 2.50. The fourth-order valence-corrected chi connectivity index (χ4v) is 5.03. The van der Waals surface area contributed by atoms with E-state index in [0.29, 0.717) is 16.6 Å². The van der Waals surface area contributed by atoms with Crippen LogP contribution in [0.15, 0.2) is 11.6 Å². The van der Waals surface area contributed by atoms with Crippen molar-refractivity contribution in [1.29, 1.82) is 0 Å². The minimum atomic E-state index is -1.62. The van der Waals surface area contributed by atoms with Crippen molar-refractivity contribution in [1.82, 2.24) is 0 Å². The third kappa shape index (κ3) is 2.58. The van der Waals surface area contributed by atoms with Crippen LogP contribution in [0.3, 0.4) is 0 Å². The summed E-state index contributed by atoms with van der Waals surface area (Å²) < 4.78 is 6.76. The summed E-state index contributed by atoms with van der Waals surface area (Å²) in [5.74, 6) is 0.756. The zero-order chi connectivity index (χ0) is 14.5. The van der Waals surface area contributed by atoms with Gasteiger partial charge in [0.25, 0.3) is 0 Å². The van der Waals surface area contributed by atoms with E-state index in [-0.39, 0.29) is 0 Å². The molecule has 2 aliphatic rings. The molecule has 110 valence electrons. The molecule has 0 aromatic carbocycles. The molecule has 0 unspecified atom stereocenters. The first-order valence-corrected chi connectivity index (χ1v) is 10.8. The number of fused-ring (bicyclic) bond motifs is 1. The van der Waals surface area contributed by atoms with Crippen molar-refractivity contribution in [2.24, 2.45) is 11.3 Å². The molecular formula is C17H32OSi. The van der Waals surface area contributed by atoms with Crippen molar-refractivity contribution >= 4 is 8.32 Å². The molecule has 1 saturated carbocycles. The Hall–Kier alpha value is -0.0831. The number of hydrogen-bond acceptors (Lipinski definition) is 1. The molecule has 0 aromatic heterocycles. The summed E-state index contributed by atoms with van der Waals surface area (Å²) in [6.07, 6.45) is 8.13. The first-order valence-electron chi connectivity index (χ1n) is 7.93. The molecule has 0 bridgehead atoms. The molecule has 3 atom stereocenters. The second-order valence-corrected chi connectivity index (χ2v) is 13.2. The molecule has 0 aliphatic heterocycles. The average molecular weight is 281 g/mol. The molecule has 2 aliphatic carbocycles. The second kappa shape index (κ2) is 4.73. The number of allylic oxidation sites excluding steroid dienone is 2. The minimum Gasteiger partial charge on any atom is -0.414 e. The molecule has 0 aromatic rings. The van der Waals surface area contributed by atoms with E-state index >= 15 is 0 Å². The van der Waals surface area contributed by atoms with Crippen LogP contribution in [0, 0.1) is 11.3 Å². The molecule has 2 rings (SSSR count). The summed E-state index contributed by atoms with van der Waals surface area (Å²) in [6.45, 7) is 16.6. The summed E-state index contributed by atoms with van der Waals surface area (Å²) in [5, 5.41) is 0.325. The Morgan fingerprint density at radius 3 is 2.47 bits per heavy atom. The minimum absolute atomic E-state index is 0.325. The summed E-state index contributed by atoms with van der Waals surface area (Å²) in [7, 11) is -1.62. The Kier molecular flexibility index (Phi) is 3.81. The summed E-state index contributed by atoms with van der Waals surface area (Å²) in [4.78, 5) is 0. The highest BCUT2D eigenvalue weighted by Crippen LogP contribution is 2.55. The molecular weight excluding hydrogens is 248 g/mol. The third-order valence-electron chi connectivity index (χ3n) is 6.30. The van der Waals surface area contributed by atoms with E-state index in [2.05, 4.69) is 53.8 Å². The predicted molar refractivity (Wildman–Crippen MR) is 85.9 cm³/mol. The molecule has 0 radical (unpaired) electrons. The maximum Gasteiger partial charge on any atom is 0.192 e. The van der Waals surface area contributed by atoms with Gasteiger partial charge in [-0.1, -0.05) is 39.3 Å². The quantitative estimate of drug-likeness (QED) is 0.477. The van der Waals surface area contributed by atoms with Gasteiger partial charge in [0.05, 0.1) is 0 Å². The molecule has 2 heteroatoms. The first kappa shape index (κ1) is 15.3. The van der Waals surface area contributed by atoms with Crippen molar-refractivity contribution in [3.8, 4) is 0 Å². The van der Waals surface area contributed by atoms with Crippen LogP contribution in [0.1, 0.15) is 60.3 Å². The van der Waals surface area contributed by atoms with Gasteiger partial charge in [-0.2, -0.15) is 0 Å². The van der Waals surface area contributed by atoms with Crippen molar-refractivity contribution in [3.63, 3.8) is 0 Å². The molecule has 0 heterocycles. The molecule has 1 fully saturated rings. The lowest BCUT2D eigenvalue weighted by Gasteiger charge is -2.43. The lowest BCUT2D eigenvalue weighted by Crippen LogP contribution is -2.46. The van der Waals surface area contributed by atoms with Gasteiger partial charge in [0.15, 0.2) is 8.32 Å². The van der Waals surface area contributed by atoms with E-state index in [1.807, 2.05) is 0 Å². The molecule has 19 heavy (non-hydrogen) atoms. The van der Waals surface area contributed by atoms with Gasteiger partial charge in [0.2, 0.25) is 0 Å². The van der Waals surface area contributed by atoms with Crippen LogP contribution in [0.2, 0.25) is 18.1 Å². The summed E-state index contributed by atoms with van der Waals surface area (Å²) in [5.41, 5.74) is 2.04. The highest BCUT2D eigenvalue weighted by molar-refractivity contribution is 6.74. The van der Waals surface area contributed by atoms with Crippen LogP contribution in [0.4, 0.5) is 0 Å². The van der Waals surface area contributed by atoms with E-state index in [1.165, 1.54) is 25.7 Å². The number of rotatable bonds is 2. The summed E-state index contributed by atoms with van der Waals surface area (Å²) >= 11 is 0. The zero-order valence-corrected chi connectivity index (χ0v) is 15.0. The highest BCUT2D eigenvalue weighted by atomic mass is 28.4. The van der Waals surface area contributed by atoms with Crippen LogP contribution in [0.25, 0.3) is 0 Å². The second-order valence-electron chi connectivity index (χ2n) is 8.44. The van der Waals surface area contributed by atoms with Gasteiger partial charge in [-0.05, 0) is 62.1 Å². The maximum atomic E-state index is 6.76. The normalized spacial score (nSPS) is 36.1. The van der Waals surface area contributed by atoms with E-state index in [4.69, 9.17) is 4.43 Å². The fraction of sp³-hybridized carbons (Fsp3) is 0.882. The molecule has 0 spiro atoms. The van der Waals surface area contributed by atoms with Crippen LogP contribution in [-0.2, 0) is 4.43 Å². The Bertz CT molecular complexity index is 377. The standard InChI is InChI=1S/C17H32OSi/c1-13-9-8-10-14-15(11-12-17(13,14)5)18-19(6,7)16(2,3)4/h9,14-15H,8,10-12H2,1-7H3/t14-,15+,17-/m1/s1. The van der Waals surface area contributed by atoms with E-state index < -0.39 is 8.32 Å². The van der Waals surface area contributed by atoms with Crippen LogP contribution >= 0.6 is 0 Å². The van der Waals surface area contributed by atoms with Gasteiger partial charge in [-0.25, -0.2) is 0 Å². The fourth-order valence-electron chi connectivity index (χ4n) is 3.64. The maximum absolute atomic E-state index is 6.76. The lowest BCUT2D eigenvalue weighted by atomic mass is 9.68. The van der Waals surface area contributed by atoms with Crippen molar-refractivity contribution in [2.75, 3.05) is 0 Å². The summed E-state index contributed by atoms with van der Waals surface area (Å²) in [6, 6.07) is 0. The molecule has 1 nitrogen and oxygen atoms in total. The smallest absolute Gasteiger partial charge is 0.192 e. The van der Waals surface area contributed by atoms with Gasteiger partial charge in [-0.3, -0.25) is 0 Å². The molecule has 0 saturated heterocycles. The van der Waals surface area contributed by atoms with Crippen LogP contribution < -0.4 is 0 Å². The Balaban J connectivity index is 2.15. The SMILES string of the molecule is CC1=CCC[C@@H]2[C@@H](O[Si](C)(C)C(C)(C)C)CC[C@]12C. The Morgan fingerprint density at radius 1 is 1.26 bits per heavy atom. The van der Waals surface area contributed by atoms with Gasteiger partial charge in [-0.15, -0.1) is 0 Å². The van der Waals surface area contributed by atoms with Gasteiger partial charge >= 0.3 is 0 Å². The Morgan fingerprint density at radius 2 is 1.89 bits per heavy atom. The van der Waals surface area contributed by atoms with Gasteiger partial charge in [0, 0.05) is 6.10 Å². The van der Waals surface area contributed by atoms with E-state index in [1.54, 1.807) is 5.57 Å². The van der Waals surface area contributed by atoms with Crippen LogP contribution in [0.5, 0.6) is 0 Å². The topological polar surface area (TPSA) is 9.23 Å². The Labute approximate surface area is 120 Å². The predicted octanol–water partition coefficient (Wildman–Crippen LogP) is 5.53. The van der Waals surface area contributed by atoms with Crippen molar-refractivity contribution in [3.05, 3.63) is 11.6 Å². The van der Waals surface area contributed by atoms with Gasteiger partial charge in [0.1, 0.15) is 0 Å². The van der Waals surface area contributed by atoms with E-state index in [9.17, 15) is 0 Å². The van der Waals surface area contributed by atoms with E-state index in [0.717, 1.165) is 5.92 Å². The monoisotopic (exact) mass is 280 g/mol. The third-order valence-corrected chi connectivity index (χ3v) is 10.8.